The molecule has 2 aromatic carbocycles. The monoisotopic (exact) mass is 522 g/mol. The highest BCUT2D eigenvalue weighted by molar-refractivity contribution is 8.04. The lowest BCUT2D eigenvalue weighted by Crippen LogP contribution is -2.39. The number of halogens is 1. The van der Waals surface area contributed by atoms with Crippen molar-refractivity contribution in [1.29, 1.82) is 5.26 Å². The number of esters is 1. The van der Waals surface area contributed by atoms with E-state index in [0.717, 1.165) is 27.8 Å². The fourth-order valence-corrected chi connectivity index (χ4v) is 5.75. The minimum atomic E-state index is -0.918. The Balaban J connectivity index is 1.89. The molecule has 184 valence electrons. The number of nitrogens with one attached hydrogen (secondary N) is 1. The number of carbonyl (C=O) groups is 3. The molecule has 0 bridgehead atoms. The van der Waals surface area contributed by atoms with Crippen molar-refractivity contribution in [1.82, 2.24) is 4.90 Å². The second kappa shape index (κ2) is 10.1. The van der Waals surface area contributed by atoms with Gasteiger partial charge in [-0.15, -0.1) is 0 Å². The van der Waals surface area contributed by atoms with Crippen LogP contribution in [0.15, 0.2) is 64.5 Å². The molecule has 3 N–H and O–H groups in total. The number of nitriles is 1. The predicted molar refractivity (Wildman–Crippen MR) is 137 cm³/mol. The van der Waals surface area contributed by atoms with Gasteiger partial charge in [-0.2, -0.15) is 5.26 Å². The van der Waals surface area contributed by atoms with Gasteiger partial charge in [0.1, 0.15) is 11.1 Å². The average molecular weight is 523 g/mol. The summed E-state index contributed by atoms with van der Waals surface area (Å²) in [6.07, 6.45) is -0.210. The highest BCUT2D eigenvalue weighted by Gasteiger charge is 2.48. The van der Waals surface area contributed by atoms with E-state index in [1.54, 1.807) is 30.3 Å². The van der Waals surface area contributed by atoms with Crippen LogP contribution in [-0.2, 0) is 19.1 Å². The standard InChI is InChI=1S/C26H23ClN4O4S/c1-13-8-9-15(10-14(13)2)30-24(33)22-21(16-6-4-5-7-18(16)27)17(12-28)23(29)31-25(34)19(36-26(22)31)11-20(32)35-3/h4-10,19,21H,11,29H2,1-3H3,(H,30,33). The lowest BCUT2D eigenvalue weighted by atomic mass is 9.82. The van der Waals surface area contributed by atoms with Crippen LogP contribution in [0.2, 0.25) is 5.02 Å². The summed E-state index contributed by atoms with van der Waals surface area (Å²) in [5.74, 6) is -2.60. The number of rotatable bonds is 5. The van der Waals surface area contributed by atoms with E-state index >= 15 is 0 Å². The van der Waals surface area contributed by atoms with Crippen LogP contribution in [0.3, 0.4) is 0 Å². The van der Waals surface area contributed by atoms with Crippen molar-refractivity contribution in [3.05, 3.63) is 86.2 Å². The molecule has 2 aromatic rings. The van der Waals surface area contributed by atoms with Crippen LogP contribution in [0.5, 0.6) is 0 Å². The lowest BCUT2D eigenvalue weighted by molar-refractivity contribution is -0.142. The molecule has 2 heterocycles. The van der Waals surface area contributed by atoms with Gasteiger partial charge in [-0.05, 0) is 48.7 Å². The van der Waals surface area contributed by atoms with Crippen molar-refractivity contribution in [3.8, 4) is 6.07 Å². The van der Waals surface area contributed by atoms with E-state index in [9.17, 15) is 19.6 Å². The molecule has 8 nitrogen and oxygen atoms in total. The number of thioether (sulfide) groups is 1. The summed E-state index contributed by atoms with van der Waals surface area (Å²) in [5.41, 5.74) is 9.63. The molecule has 2 aliphatic rings. The first kappa shape index (κ1) is 25.4. The number of hydrogen-bond acceptors (Lipinski definition) is 7. The molecule has 0 aliphatic carbocycles. The molecule has 2 atom stereocenters. The van der Waals surface area contributed by atoms with Gasteiger partial charge in [0.15, 0.2) is 0 Å². The number of nitrogens with two attached hydrogens (primary N) is 1. The Labute approximate surface area is 217 Å². The van der Waals surface area contributed by atoms with Crippen molar-refractivity contribution in [2.45, 2.75) is 31.4 Å². The highest BCUT2D eigenvalue weighted by atomic mass is 35.5. The normalized spacial score (nSPS) is 19.2. The first-order valence-corrected chi connectivity index (χ1v) is 12.3. The first-order valence-electron chi connectivity index (χ1n) is 11.0. The fourth-order valence-electron chi connectivity index (χ4n) is 4.18. The number of amides is 2. The Morgan fingerprint density at radius 3 is 2.58 bits per heavy atom. The van der Waals surface area contributed by atoms with E-state index in [1.165, 1.54) is 7.11 Å². The number of fused-ring (bicyclic) bond motifs is 1. The third-order valence-corrected chi connectivity index (χ3v) is 7.83. The third-order valence-electron chi connectivity index (χ3n) is 6.20. The van der Waals surface area contributed by atoms with E-state index in [4.69, 9.17) is 22.1 Å². The Morgan fingerprint density at radius 2 is 1.94 bits per heavy atom. The third kappa shape index (κ3) is 4.45. The molecular weight excluding hydrogens is 500 g/mol. The van der Waals surface area contributed by atoms with Gasteiger partial charge in [-0.1, -0.05) is 47.6 Å². The number of ether oxygens (including phenoxy) is 1. The van der Waals surface area contributed by atoms with Crippen LogP contribution in [0, 0.1) is 25.2 Å². The van der Waals surface area contributed by atoms with Gasteiger partial charge in [0.25, 0.3) is 5.91 Å². The molecule has 0 aromatic heterocycles. The zero-order chi connectivity index (χ0) is 26.1. The number of anilines is 1. The SMILES string of the molecule is COC(=O)CC1SC2=C(C(=O)Nc3ccc(C)c(C)c3)C(c3ccccc3Cl)C(C#N)=C(N)N2C1=O. The van der Waals surface area contributed by atoms with E-state index < -0.39 is 29.0 Å². The minimum absolute atomic E-state index is 0.0183. The molecule has 0 saturated carbocycles. The van der Waals surface area contributed by atoms with Crippen molar-refractivity contribution in [3.63, 3.8) is 0 Å². The Hall–Kier alpha value is -3.74. The maximum absolute atomic E-state index is 13.8. The van der Waals surface area contributed by atoms with Crippen LogP contribution in [-0.4, -0.2) is 35.0 Å². The molecule has 2 aliphatic heterocycles. The van der Waals surface area contributed by atoms with Crippen molar-refractivity contribution in [2.24, 2.45) is 5.73 Å². The van der Waals surface area contributed by atoms with Crippen molar-refractivity contribution in [2.75, 3.05) is 12.4 Å². The molecule has 10 heteroatoms. The van der Waals surface area contributed by atoms with Crippen molar-refractivity contribution < 1.29 is 19.1 Å². The van der Waals surface area contributed by atoms with Gasteiger partial charge in [0.05, 0.1) is 41.7 Å². The van der Waals surface area contributed by atoms with Gasteiger partial charge in [-0.25, -0.2) is 0 Å². The van der Waals surface area contributed by atoms with Crippen LogP contribution in [0.1, 0.15) is 29.0 Å². The summed E-state index contributed by atoms with van der Waals surface area (Å²) < 4.78 is 4.73. The molecule has 2 unspecified atom stereocenters. The number of methoxy groups -OCH3 is 1. The Bertz CT molecular complexity index is 1390. The van der Waals surface area contributed by atoms with Gasteiger partial charge in [-0.3, -0.25) is 19.3 Å². The Kier molecular flexibility index (Phi) is 7.11. The maximum Gasteiger partial charge on any atom is 0.307 e. The quantitative estimate of drug-likeness (QED) is 0.566. The number of benzene rings is 2. The van der Waals surface area contributed by atoms with E-state index in [-0.39, 0.29) is 28.4 Å². The molecule has 0 spiro atoms. The molecular formula is C26H23ClN4O4S. The van der Waals surface area contributed by atoms with Crippen LogP contribution >= 0.6 is 23.4 Å². The molecule has 1 fully saturated rings. The summed E-state index contributed by atoms with van der Waals surface area (Å²) in [5, 5.41) is 12.7. The second-order valence-electron chi connectivity index (χ2n) is 8.40. The number of allylic oxidation sites excluding steroid dienone is 1. The second-order valence-corrected chi connectivity index (χ2v) is 10.00. The maximum atomic E-state index is 13.8. The first-order chi connectivity index (χ1) is 17.2. The summed E-state index contributed by atoms with van der Waals surface area (Å²) in [6.45, 7) is 3.90. The molecule has 2 amide bonds. The highest BCUT2D eigenvalue weighted by Crippen LogP contribution is 2.51. The lowest BCUT2D eigenvalue weighted by Gasteiger charge is -2.32. The Morgan fingerprint density at radius 1 is 1.22 bits per heavy atom. The number of aryl methyl sites for hydroxylation is 2. The van der Waals surface area contributed by atoms with Crippen LogP contribution < -0.4 is 11.1 Å². The van der Waals surface area contributed by atoms with Gasteiger partial charge < -0.3 is 15.8 Å². The van der Waals surface area contributed by atoms with Crippen LogP contribution in [0.25, 0.3) is 0 Å². The summed E-state index contributed by atoms with van der Waals surface area (Å²) in [4.78, 5) is 40.2. The average Bonchev–Trinajstić information content (AvgIpc) is 3.17. The van der Waals surface area contributed by atoms with Gasteiger partial charge >= 0.3 is 5.97 Å². The number of carbonyl (C=O) groups excluding carboxylic acids is 3. The van der Waals surface area contributed by atoms with Crippen LogP contribution in [0.4, 0.5) is 5.69 Å². The fraction of sp³-hybridized carbons (Fsp3) is 0.231. The zero-order valence-electron chi connectivity index (χ0n) is 19.8. The largest absolute Gasteiger partial charge is 0.469 e. The van der Waals surface area contributed by atoms with Crippen molar-refractivity contribution >= 4 is 46.8 Å². The zero-order valence-corrected chi connectivity index (χ0v) is 21.4. The van der Waals surface area contributed by atoms with E-state index in [1.807, 2.05) is 26.0 Å². The smallest absolute Gasteiger partial charge is 0.307 e. The number of hydrogen-bond donors (Lipinski definition) is 2. The minimum Gasteiger partial charge on any atom is -0.469 e. The summed E-state index contributed by atoms with van der Waals surface area (Å²) in [6, 6.07) is 14.4. The molecule has 36 heavy (non-hydrogen) atoms. The summed E-state index contributed by atoms with van der Waals surface area (Å²) >= 11 is 7.56. The van der Waals surface area contributed by atoms with E-state index in [2.05, 4.69) is 11.4 Å². The molecule has 0 radical (unpaired) electrons. The topological polar surface area (TPSA) is 126 Å². The molecule has 1 saturated heterocycles. The molecule has 4 rings (SSSR count). The van der Waals surface area contributed by atoms with Gasteiger partial charge in [0.2, 0.25) is 5.91 Å². The number of nitrogens with zero attached hydrogens (tertiary/aromatic N) is 2. The van der Waals surface area contributed by atoms with Gasteiger partial charge in [0, 0.05) is 10.7 Å². The predicted octanol–water partition coefficient (Wildman–Crippen LogP) is 4.11. The summed E-state index contributed by atoms with van der Waals surface area (Å²) in [7, 11) is 1.23. The van der Waals surface area contributed by atoms with E-state index in [0.29, 0.717) is 16.3 Å².